The molecular weight excluding hydrogens is 481 g/mol. The van der Waals surface area contributed by atoms with Crippen LogP contribution >= 0.6 is 24.0 Å². The number of hydrogen-bond donors (Lipinski definition) is 3. The monoisotopic (exact) mass is 513 g/mol. The van der Waals surface area contributed by atoms with Crippen LogP contribution < -0.4 is 16.0 Å². The summed E-state index contributed by atoms with van der Waals surface area (Å²) in [5, 5.41) is 17.7. The first kappa shape index (κ1) is 24.9. The van der Waals surface area contributed by atoms with Gasteiger partial charge in [-0.3, -0.25) is 4.79 Å². The van der Waals surface area contributed by atoms with Gasteiger partial charge in [-0.25, -0.2) is 4.99 Å². The molecule has 0 radical (unpaired) electrons. The second-order valence-electron chi connectivity index (χ2n) is 7.32. The number of carbonyl (C=O) groups is 1. The maximum absolute atomic E-state index is 12.3. The van der Waals surface area contributed by atoms with Gasteiger partial charge in [-0.15, -0.1) is 34.2 Å². The van der Waals surface area contributed by atoms with Gasteiger partial charge in [0, 0.05) is 20.1 Å². The molecule has 29 heavy (non-hydrogen) atoms. The van der Waals surface area contributed by atoms with Crippen LogP contribution in [-0.2, 0) is 24.9 Å². The summed E-state index contributed by atoms with van der Waals surface area (Å²) in [4.78, 5) is 16.9. The van der Waals surface area contributed by atoms with Crippen molar-refractivity contribution in [2.24, 2.45) is 17.5 Å². The molecule has 0 aliphatic rings. The zero-order chi connectivity index (χ0) is 20.6. The first-order chi connectivity index (χ1) is 13.3. The average molecular weight is 513 g/mol. The number of benzene rings is 1. The van der Waals surface area contributed by atoms with Crippen molar-refractivity contribution in [1.82, 2.24) is 30.7 Å². The number of amides is 1. The summed E-state index contributed by atoms with van der Waals surface area (Å²) < 4.78 is 1.93. The van der Waals surface area contributed by atoms with Gasteiger partial charge in [0.1, 0.15) is 5.82 Å². The van der Waals surface area contributed by atoms with Crippen molar-refractivity contribution in [2.75, 3.05) is 13.1 Å². The lowest BCUT2D eigenvalue weighted by Gasteiger charge is -2.25. The highest BCUT2D eigenvalue weighted by molar-refractivity contribution is 14.0. The summed E-state index contributed by atoms with van der Waals surface area (Å²) in [5.74, 6) is 2.30. The summed E-state index contributed by atoms with van der Waals surface area (Å²) in [6.07, 6.45) is 0. The second kappa shape index (κ2) is 11.7. The number of nitrogens with one attached hydrogen (secondary N) is 3. The SMILES string of the molecule is CCNC(=O)C(C)(C)CNC(=NCc1ccccc1)NCc1nnc(C)n1C.I. The Bertz CT molecular complexity index is 802. The van der Waals surface area contributed by atoms with Crippen molar-refractivity contribution in [2.45, 2.75) is 40.8 Å². The molecule has 0 atom stereocenters. The topological polar surface area (TPSA) is 96.2 Å². The number of nitrogens with zero attached hydrogens (tertiary/aromatic N) is 4. The van der Waals surface area contributed by atoms with E-state index in [-0.39, 0.29) is 29.9 Å². The first-order valence-corrected chi connectivity index (χ1v) is 9.52. The molecule has 1 aromatic heterocycles. The van der Waals surface area contributed by atoms with Crippen LogP contribution in [0.25, 0.3) is 0 Å². The fourth-order valence-corrected chi connectivity index (χ4v) is 2.48. The van der Waals surface area contributed by atoms with E-state index in [1.165, 1.54) is 0 Å². The number of hydrogen-bond acceptors (Lipinski definition) is 4. The molecule has 0 aliphatic heterocycles. The Kier molecular flexibility index (Phi) is 10.1. The molecule has 1 heterocycles. The van der Waals surface area contributed by atoms with Crippen LogP contribution in [0.4, 0.5) is 0 Å². The highest BCUT2D eigenvalue weighted by atomic mass is 127. The van der Waals surface area contributed by atoms with Crippen LogP contribution in [0.15, 0.2) is 35.3 Å². The zero-order valence-electron chi connectivity index (χ0n) is 17.8. The van der Waals surface area contributed by atoms with E-state index >= 15 is 0 Å². The van der Waals surface area contributed by atoms with Gasteiger partial charge in [0.15, 0.2) is 11.8 Å². The number of halogens is 1. The van der Waals surface area contributed by atoms with E-state index in [0.717, 1.165) is 17.2 Å². The molecule has 0 bridgehead atoms. The molecule has 1 amide bonds. The van der Waals surface area contributed by atoms with Crippen molar-refractivity contribution < 1.29 is 4.79 Å². The van der Waals surface area contributed by atoms with E-state index in [1.807, 2.05) is 69.6 Å². The fourth-order valence-electron chi connectivity index (χ4n) is 2.48. The fraction of sp³-hybridized carbons (Fsp3) is 0.500. The van der Waals surface area contributed by atoms with Gasteiger partial charge in [-0.1, -0.05) is 30.3 Å². The molecule has 8 nitrogen and oxygen atoms in total. The Hall–Kier alpha value is -2.17. The number of aliphatic imine (C=N–C) groups is 1. The quantitative estimate of drug-likeness (QED) is 0.286. The van der Waals surface area contributed by atoms with Crippen LogP contribution in [0.3, 0.4) is 0 Å². The molecule has 3 N–H and O–H groups in total. The molecule has 2 aromatic rings. The minimum atomic E-state index is -0.563. The maximum Gasteiger partial charge on any atom is 0.227 e. The zero-order valence-corrected chi connectivity index (χ0v) is 20.2. The Morgan fingerprint density at radius 1 is 1.14 bits per heavy atom. The van der Waals surface area contributed by atoms with Gasteiger partial charge < -0.3 is 20.5 Å². The standard InChI is InChI=1S/C20H31N7O.HI/c1-6-21-18(28)20(3,4)14-24-19(22-12-16-10-8-7-9-11-16)23-13-17-26-25-15(2)27(17)5;/h7-11H,6,12-14H2,1-5H3,(H,21,28)(H2,22,23,24);1H. The van der Waals surface area contributed by atoms with Crippen LogP contribution in [0.5, 0.6) is 0 Å². The van der Waals surface area contributed by atoms with Crippen molar-refractivity contribution in [1.29, 1.82) is 0 Å². The van der Waals surface area contributed by atoms with E-state index in [4.69, 9.17) is 0 Å². The van der Waals surface area contributed by atoms with Gasteiger partial charge in [-0.2, -0.15) is 0 Å². The predicted octanol–water partition coefficient (Wildman–Crippen LogP) is 2.14. The number of guanidine groups is 1. The predicted molar refractivity (Wildman–Crippen MR) is 126 cm³/mol. The van der Waals surface area contributed by atoms with E-state index in [9.17, 15) is 4.79 Å². The van der Waals surface area contributed by atoms with Gasteiger partial charge >= 0.3 is 0 Å². The normalized spacial score (nSPS) is 11.6. The molecule has 2 rings (SSSR count). The lowest BCUT2D eigenvalue weighted by molar-refractivity contribution is -0.128. The third-order valence-corrected chi connectivity index (χ3v) is 4.51. The van der Waals surface area contributed by atoms with Gasteiger partial charge in [0.05, 0.1) is 18.5 Å². The average Bonchev–Trinajstić information content (AvgIpc) is 3.00. The van der Waals surface area contributed by atoms with Gasteiger partial charge in [-0.05, 0) is 33.3 Å². The summed E-state index contributed by atoms with van der Waals surface area (Å²) in [5.41, 5.74) is 0.549. The summed E-state index contributed by atoms with van der Waals surface area (Å²) in [7, 11) is 1.93. The summed E-state index contributed by atoms with van der Waals surface area (Å²) >= 11 is 0. The van der Waals surface area contributed by atoms with Gasteiger partial charge in [0.25, 0.3) is 0 Å². The Labute approximate surface area is 190 Å². The molecule has 1 aromatic carbocycles. The minimum absolute atomic E-state index is 0. The Balaban J connectivity index is 0.00000420. The molecular formula is C20H32IN7O. The van der Waals surface area contributed by atoms with Crippen molar-refractivity contribution >= 4 is 35.8 Å². The van der Waals surface area contributed by atoms with Crippen LogP contribution in [-0.4, -0.2) is 39.7 Å². The van der Waals surface area contributed by atoms with Gasteiger partial charge in [0.2, 0.25) is 5.91 Å². The van der Waals surface area contributed by atoms with Crippen molar-refractivity contribution in [3.63, 3.8) is 0 Å². The number of aromatic nitrogens is 3. The maximum atomic E-state index is 12.3. The van der Waals surface area contributed by atoms with Crippen LogP contribution in [0.1, 0.15) is 38.0 Å². The largest absolute Gasteiger partial charge is 0.356 e. The number of carbonyl (C=O) groups excluding carboxylic acids is 1. The second-order valence-corrected chi connectivity index (χ2v) is 7.32. The third-order valence-electron chi connectivity index (χ3n) is 4.51. The van der Waals surface area contributed by atoms with E-state index in [1.54, 1.807) is 0 Å². The summed E-state index contributed by atoms with van der Waals surface area (Å²) in [6, 6.07) is 10.0. The molecule has 0 spiro atoms. The molecule has 9 heteroatoms. The highest BCUT2D eigenvalue weighted by Gasteiger charge is 2.27. The van der Waals surface area contributed by atoms with E-state index < -0.39 is 5.41 Å². The Morgan fingerprint density at radius 3 is 2.41 bits per heavy atom. The molecule has 0 saturated heterocycles. The molecule has 0 saturated carbocycles. The van der Waals surface area contributed by atoms with Crippen LogP contribution in [0.2, 0.25) is 0 Å². The first-order valence-electron chi connectivity index (χ1n) is 9.52. The smallest absolute Gasteiger partial charge is 0.227 e. The van der Waals surface area contributed by atoms with E-state index in [0.29, 0.717) is 32.1 Å². The van der Waals surface area contributed by atoms with Crippen molar-refractivity contribution in [3.8, 4) is 0 Å². The minimum Gasteiger partial charge on any atom is -0.356 e. The third kappa shape index (κ3) is 7.64. The summed E-state index contributed by atoms with van der Waals surface area (Å²) in [6.45, 7) is 9.73. The molecule has 0 aliphatic carbocycles. The van der Waals surface area contributed by atoms with Crippen LogP contribution in [0, 0.1) is 12.3 Å². The van der Waals surface area contributed by atoms with E-state index in [2.05, 4.69) is 31.1 Å². The number of rotatable bonds is 8. The lowest BCUT2D eigenvalue weighted by atomic mass is 9.92. The van der Waals surface area contributed by atoms with Crippen molar-refractivity contribution in [3.05, 3.63) is 47.5 Å². The lowest BCUT2D eigenvalue weighted by Crippen LogP contribution is -2.47. The number of aryl methyl sites for hydroxylation is 1. The molecule has 160 valence electrons. The highest BCUT2D eigenvalue weighted by Crippen LogP contribution is 2.13. The molecule has 0 fully saturated rings. The Morgan fingerprint density at radius 2 is 1.83 bits per heavy atom. The molecule has 0 unspecified atom stereocenters.